The van der Waals surface area contributed by atoms with E-state index in [0.29, 0.717) is 19.0 Å². The van der Waals surface area contributed by atoms with Gasteiger partial charge in [0.15, 0.2) is 0 Å². The van der Waals surface area contributed by atoms with Gasteiger partial charge in [-0.2, -0.15) is 4.98 Å². The van der Waals surface area contributed by atoms with Crippen molar-refractivity contribution in [2.45, 2.75) is 20.8 Å². The van der Waals surface area contributed by atoms with Gasteiger partial charge in [0.2, 0.25) is 11.9 Å². The van der Waals surface area contributed by atoms with E-state index in [1.165, 1.54) is 23.1 Å². The van der Waals surface area contributed by atoms with Crippen molar-refractivity contribution < 1.29 is 13.6 Å². The molecule has 168 valence electrons. The summed E-state index contributed by atoms with van der Waals surface area (Å²) >= 11 is 0. The zero-order chi connectivity index (χ0) is 22.8. The van der Waals surface area contributed by atoms with E-state index < -0.39 is 11.6 Å². The minimum atomic E-state index is -0.680. The van der Waals surface area contributed by atoms with Gasteiger partial charge in [0, 0.05) is 43.6 Å². The average Bonchev–Trinajstić information content (AvgIpc) is 3.15. The van der Waals surface area contributed by atoms with Crippen molar-refractivity contribution >= 4 is 23.2 Å². The standard InChI is InChI=1S/C23H26F2N6O/c1-4-29(5-2)22(32)16-12-30(13-16)20-7-15(3)6-19(11-20)27-23-26-14-31(28-23)21-9-17(24)8-18(25)10-21/h6-11,14,16H,4-5,12-13H2,1-3H3,(H,27,28). The van der Waals surface area contributed by atoms with Gasteiger partial charge in [0.1, 0.15) is 18.0 Å². The Balaban J connectivity index is 1.45. The summed E-state index contributed by atoms with van der Waals surface area (Å²) in [7, 11) is 0. The Morgan fingerprint density at radius 1 is 1.06 bits per heavy atom. The van der Waals surface area contributed by atoms with Gasteiger partial charge in [0.25, 0.3) is 0 Å². The number of aryl methyl sites for hydroxylation is 1. The predicted octanol–water partition coefficient (Wildman–Crippen LogP) is 3.90. The summed E-state index contributed by atoms with van der Waals surface area (Å²) in [5.74, 6) is -0.817. The molecule has 1 saturated heterocycles. The van der Waals surface area contributed by atoms with Gasteiger partial charge in [0.05, 0.1) is 11.6 Å². The highest BCUT2D eigenvalue weighted by molar-refractivity contribution is 5.82. The van der Waals surface area contributed by atoms with Crippen molar-refractivity contribution in [3.63, 3.8) is 0 Å². The molecule has 2 aromatic carbocycles. The molecule has 1 fully saturated rings. The van der Waals surface area contributed by atoms with Crippen LogP contribution >= 0.6 is 0 Å². The highest BCUT2D eigenvalue weighted by Gasteiger charge is 2.34. The third-order valence-electron chi connectivity index (χ3n) is 5.59. The summed E-state index contributed by atoms with van der Waals surface area (Å²) in [4.78, 5) is 20.8. The molecule has 3 aromatic rings. The van der Waals surface area contributed by atoms with E-state index in [0.717, 1.165) is 36.1 Å². The van der Waals surface area contributed by atoms with E-state index in [4.69, 9.17) is 0 Å². The number of benzene rings is 2. The van der Waals surface area contributed by atoms with Gasteiger partial charge < -0.3 is 15.1 Å². The van der Waals surface area contributed by atoms with E-state index in [-0.39, 0.29) is 17.5 Å². The lowest BCUT2D eigenvalue weighted by Gasteiger charge is -2.42. The zero-order valence-corrected chi connectivity index (χ0v) is 18.3. The number of nitrogens with zero attached hydrogens (tertiary/aromatic N) is 5. The number of carbonyl (C=O) groups is 1. The van der Waals surface area contributed by atoms with Crippen LogP contribution in [0, 0.1) is 24.5 Å². The number of hydrogen-bond acceptors (Lipinski definition) is 5. The molecule has 0 aliphatic carbocycles. The van der Waals surface area contributed by atoms with Crippen LogP contribution in [0.3, 0.4) is 0 Å². The molecule has 1 aliphatic heterocycles. The maximum absolute atomic E-state index is 13.5. The highest BCUT2D eigenvalue weighted by Crippen LogP contribution is 2.30. The monoisotopic (exact) mass is 440 g/mol. The molecule has 0 saturated carbocycles. The Kier molecular flexibility index (Phi) is 6.07. The second-order valence-corrected chi connectivity index (χ2v) is 7.94. The maximum Gasteiger partial charge on any atom is 0.246 e. The van der Waals surface area contributed by atoms with Crippen molar-refractivity contribution in [2.24, 2.45) is 5.92 Å². The molecule has 4 rings (SSSR count). The van der Waals surface area contributed by atoms with Crippen LogP contribution in [-0.4, -0.2) is 51.8 Å². The average molecular weight is 440 g/mol. The quantitative estimate of drug-likeness (QED) is 0.604. The van der Waals surface area contributed by atoms with E-state index in [1.807, 2.05) is 37.8 Å². The molecule has 7 nitrogen and oxygen atoms in total. The molecule has 9 heteroatoms. The fourth-order valence-electron chi connectivity index (χ4n) is 3.90. The fourth-order valence-corrected chi connectivity index (χ4v) is 3.90. The second-order valence-electron chi connectivity index (χ2n) is 7.94. The van der Waals surface area contributed by atoms with Crippen LogP contribution in [-0.2, 0) is 4.79 Å². The molecule has 32 heavy (non-hydrogen) atoms. The Bertz CT molecular complexity index is 1100. The Morgan fingerprint density at radius 2 is 1.75 bits per heavy atom. The molecular weight excluding hydrogens is 414 g/mol. The van der Waals surface area contributed by atoms with Crippen LogP contribution < -0.4 is 10.2 Å². The third-order valence-corrected chi connectivity index (χ3v) is 5.59. The van der Waals surface area contributed by atoms with Crippen molar-refractivity contribution in [1.82, 2.24) is 19.7 Å². The van der Waals surface area contributed by atoms with Crippen molar-refractivity contribution in [1.29, 1.82) is 0 Å². The van der Waals surface area contributed by atoms with Crippen molar-refractivity contribution in [3.05, 3.63) is 59.9 Å². The third kappa shape index (κ3) is 4.56. The normalized spacial score (nSPS) is 13.7. The summed E-state index contributed by atoms with van der Waals surface area (Å²) in [6, 6.07) is 9.20. The first-order valence-electron chi connectivity index (χ1n) is 10.7. The number of nitrogens with one attached hydrogen (secondary N) is 1. The zero-order valence-electron chi connectivity index (χ0n) is 18.3. The van der Waals surface area contributed by atoms with Crippen molar-refractivity contribution in [3.8, 4) is 5.69 Å². The summed E-state index contributed by atoms with van der Waals surface area (Å²) < 4.78 is 28.3. The van der Waals surface area contributed by atoms with E-state index in [2.05, 4.69) is 26.4 Å². The van der Waals surface area contributed by atoms with E-state index in [1.54, 1.807) is 0 Å². The SMILES string of the molecule is CCN(CC)C(=O)C1CN(c2cc(C)cc(Nc3ncn(-c4cc(F)cc(F)c4)n3)c2)C1. The van der Waals surface area contributed by atoms with Crippen LogP contribution in [0.25, 0.3) is 5.69 Å². The van der Waals surface area contributed by atoms with Gasteiger partial charge >= 0.3 is 0 Å². The number of hydrogen-bond donors (Lipinski definition) is 1. The lowest BCUT2D eigenvalue weighted by Crippen LogP contribution is -2.54. The summed E-state index contributed by atoms with van der Waals surface area (Å²) in [6.45, 7) is 8.83. The van der Waals surface area contributed by atoms with Crippen LogP contribution in [0.2, 0.25) is 0 Å². The van der Waals surface area contributed by atoms with E-state index in [9.17, 15) is 13.6 Å². The number of carbonyl (C=O) groups excluding carboxylic acids is 1. The molecule has 1 aliphatic rings. The van der Waals surface area contributed by atoms with Gasteiger partial charge in [-0.1, -0.05) is 0 Å². The highest BCUT2D eigenvalue weighted by atomic mass is 19.1. The Labute approximate surface area is 185 Å². The number of anilines is 3. The minimum Gasteiger partial charge on any atom is -0.370 e. The summed E-state index contributed by atoms with van der Waals surface area (Å²) in [6.07, 6.45) is 1.39. The summed E-state index contributed by atoms with van der Waals surface area (Å²) in [5, 5.41) is 7.41. The van der Waals surface area contributed by atoms with E-state index >= 15 is 0 Å². The largest absolute Gasteiger partial charge is 0.370 e. The predicted molar refractivity (Wildman–Crippen MR) is 119 cm³/mol. The fraction of sp³-hybridized carbons (Fsp3) is 0.348. The van der Waals surface area contributed by atoms with Crippen LogP contribution in [0.15, 0.2) is 42.7 Å². The topological polar surface area (TPSA) is 66.3 Å². The van der Waals surface area contributed by atoms with Gasteiger partial charge in [-0.25, -0.2) is 13.5 Å². The first-order valence-corrected chi connectivity index (χ1v) is 10.7. The molecule has 0 atom stereocenters. The molecule has 1 amide bonds. The summed E-state index contributed by atoms with van der Waals surface area (Å²) in [5.41, 5.74) is 3.11. The number of halogens is 2. The molecular formula is C23H26F2N6O. The lowest BCUT2D eigenvalue weighted by atomic mass is 9.97. The molecule has 2 heterocycles. The number of amides is 1. The van der Waals surface area contributed by atoms with Gasteiger partial charge in [-0.05, 0) is 56.7 Å². The molecule has 0 spiro atoms. The number of aromatic nitrogens is 3. The van der Waals surface area contributed by atoms with Crippen LogP contribution in [0.1, 0.15) is 19.4 Å². The molecule has 0 radical (unpaired) electrons. The molecule has 0 bridgehead atoms. The van der Waals surface area contributed by atoms with Crippen LogP contribution in [0.4, 0.5) is 26.1 Å². The van der Waals surface area contributed by atoms with Crippen LogP contribution in [0.5, 0.6) is 0 Å². The van der Waals surface area contributed by atoms with Gasteiger partial charge in [-0.3, -0.25) is 4.79 Å². The molecule has 1 aromatic heterocycles. The molecule has 1 N–H and O–H groups in total. The second kappa shape index (κ2) is 8.94. The minimum absolute atomic E-state index is 0.0239. The lowest BCUT2D eigenvalue weighted by molar-refractivity contribution is -0.135. The number of rotatable bonds is 7. The first kappa shape index (κ1) is 21.7. The smallest absolute Gasteiger partial charge is 0.246 e. The Morgan fingerprint density at radius 3 is 2.41 bits per heavy atom. The van der Waals surface area contributed by atoms with Gasteiger partial charge in [-0.15, -0.1) is 5.10 Å². The van der Waals surface area contributed by atoms with Crippen molar-refractivity contribution in [2.75, 3.05) is 36.4 Å². The molecule has 0 unspecified atom stereocenters. The first-order chi connectivity index (χ1) is 15.4. The Hall–Kier alpha value is -3.49. The maximum atomic E-state index is 13.5.